The number of nitrogens with two attached hydrogens (primary N) is 2. The molecule has 0 radical (unpaired) electrons. The van der Waals surface area contributed by atoms with Gasteiger partial charge in [0.2, 0.25) is 0 Å². The second-order valence-corrected chi connectivity index (χ2v) is 7.32. The Hall–Kier alpha value is -3.17. The van der Waals surface area contributed by atoms with Crippen molar-refractivity contribution in [3.8, 4) is 10.4 Å². The summed E-state index contributed by atoms with van der Waals surface area (Å²) in [7, 11) is 0. The first kappa shape index (κ1) is 19.6. The molecule has 146 valence electrons. The minimum atomic E-state index is -0.742. The summed E-state index contributed by atoms with van der Waals surface area (Å²) in [5.41, 5.74) is 13.8. The van der Waals surface area contributed by atoms with Crippen LogP contribution in [0.25, 0.3) is 10.4 Å². The molecule has 3 rings (SSSR count). The standard InChI is InChI=1S/C19H21N5O3S/c1-11-8-14(27-24-11)6-7-22-10-12-2-4-13(5-3-12)16-9-15(23-19(21)26)17(28-16)18(20)25/h2-5,8-9,22H,6-7,10H2,1H3,(H2,20,25)(H3,21,23,26). The average molecular weight is 399 g/mol. The summed E-state index contributed by atoms with van der Waals surface area (Å²) >= 11 is 1.21. The Bertz CT molecular complexity index is 978. The van der Waals surface area contributed by atoms with E-state index in [2.05, 4.69) is 15.8 Å². The second-order valence-electron chi connectivity index (χ2n) is 6.27. The molecule has 1 aromatic carbocycles. The molecular formula is C19H21N5O3S. The maximum atomic E-state index is 11.6. The van der Waals surface area contributed by atoms with Crippen molar-refractivity contribution < 1.29 is 14.1 Å². The molecule has 0 saturated carbocycles. The largest absolute Gasteiger partial charge is 0.365 e. The van der Waals surface area contributed by atoms with Crippen molar-refractivity contribution in [2.24, 2.45) is 11.5 Å². The SMILES string of the molecule is Cc1cc(CCNCc2ccc(-c3cc(NC(N)=O)c(C(N)=O)s3)cc2)on1. The highest BCUT2D eigenvalue weighted by Crippen LogP contribution is 2.34. The fraction of sp³-hybridized carbons (Fsp3) is 0.211. The van der Waals surface area contributed by atoms with Crippen molar-refractivity contribution in [1.82, 2.24) is 10.5 Å². The number of carbonyl (C=O) groups excluding carboxylic acids is 2. The molecule has 8 nitrogen and oxygen atoms in total. The van der Waals surface area contributed by atoms with Gasteiger partial charge in [-0.1, -0.05) is 29.4 Å². The quantitative estimate of drug-likeness (QED) is 0.432. The van der Waals surface area contributed by atoms with E-state index in [1.54, 1.807) is 6.07 Å². The van der Waals surface area contributed by atoms with E-state index in [1.807, 2.05) is 37.3 Å². The molecule has 0 saturated heterocycles. The van der Waals surface area contributed by atoms with Crippen molar-refractivity contribution in [3.05, 3.63) is 58.3 Å². The van der Waals surface area contributed by atoms with Gasteiger partial charge in [0, 0.05) is 30.5 Å². The number of thiophene rings is 1. The van der Waals surface area contributed by atoms with Crippen molar-refractivity contribution in [3.63, 3.8) is 0 Å². The second kappa shape index (κ2) is 8.68. The molecule has 2 aromatic heterocycles. The summed E-state index contributed by atoms with van der Waals surface area (Å²) in [6, 6.07) is 10.8. The lowest BCUT2D eigenvalue weighted by Crippen LogP contribution is -2.21. The predicted molar refractivity (Wildman–Crippen MR) is 108 cm³/mol. The van der Waals surface area contributed by atoms with Crippen LogP contribution < -0.4 is 22.1 Å². The van der Waals surface area contributed by atoms with Gasteiger partial charge in [-0.25, -0.2) is 4.79 Å². The lowest BCUT2D eigenvalue weighted by atomic mass is 10.1. The number of aryl methyl sites for hydroxylation is 1. The molecule has 3 aromatic rings. The Balaban J connectivity index is 1.60. The number of urea groups is 1. The summed E-state index contributed by atoms with van der Waals surface area (Å²) in [5.74, 6) is 0.256. The zero-order valence-electron chi connectivity index (χ0n) is 15.3. The zero-order chi connectivity index (χ0) is 20.1. The monoisotopic (exact) mass is 399 g/mol. The van der Waals surface area contributed by atoms with Crippen LogP contribution in [0.2, 0.25) is 0 Å². The number of primary amides is 2. The number of carbonyl (C=O) groups is 2. The Morgan fingerprint density at radius 2 is 1.93 bits per heavy atom. The van der Waals surface area contributed by atoms with Crippen LogP contribution in [0, 0.1) is 6.92 Å². The molecule has 6 N–H and O–H groups in total. The van der Waals surface area contributed by atoms with Crippen LogP contribution in [0.3, 0.4) is 0 Å². The topological polar surface area (TPSA) is 136 Å². The number of aromatic nitrogens is 1. The molecule has 0 fully saturated rings. The normalized spacial score (nSPS) is 10.8. The van der Waals surface area contributed by atoms with E-state index in [4.69, 9.17) is 16.0 Å². The van der Waals surface area contributed by atoms with E-state index in [0.717, 1.165) is 47.0 Å². The minimum Gasteiger partial charge on any atom is -0.365 e. The Labute approximate surface area is 165 Å². The summed E-state index contributed by atoms with van der Waals surface area (Å²) in [4.78, 5) is 23.8. The van der Waals surface area contributed by atoms with Gasteiger partial charge in [-0.05, 0) is 24.1 Å². The van der Waals surface area contributed by atoms with Gasteiger partial charge in [-0.3, -0.25) is 4.79 Å². The lowest BCUT2D eigenvalue weighted by Gasteiger charge is -2.05. The fourth-order valence-electron chi connectivity index (χ4n) is 2.71. The number of nitrogens with zero attached hydrogens (tertiary/aromatic N) is 1. The van der Waals surface area contributed by atoms with E-state index < -0.39 is 11.9 Å². The third-order valence-electron chi connectivity index (χ3n) is 4.01. The maximum Gasteiger partial charge on any atom is 0.316 e. The van der Waals surface area contributed by atoms with E-state index >= 15 is 0 Å². The molecule has 0 aliphatic rings. The van der Waals surface area contributed by atoms with Crippen LogP contribution in [0.4, 0.5) is 10.5 Å². The number of benzene rings is 1. The van der Waals surface area contributed by atoms with Crippen LogP contribution in [0.15, 0.2) is 40.9 Å². The lowest BCUT2D eigenvalue weighted by molar-refractivity contribution is 0.100. The molecule has 0 aliphatic carbocycles. The highest BCUT2D eigenvalue weighted by Gasteiger charge is 2.16. The molecular weight excluding hydrogens is 378 g/mol. The minimum absolute atomic E-state index is 0.266. The smallest absolute Gasteiger partial charge is 0.316 e. The van der Waals surface area contributed by atoms with E-state index in [1.165, 1.54) is 11.3 Å². The summed E-state index contributed by atoms with van der Waals surface area (Å²) < 4.78 is 5.18. The number of hydrogen-bond donors (Lipinski definition) is 4. The summed E-state index contributed by atoms with van der Waals surface area (Å²) in [6.45, 7) is 3.40. The number of hydrogen-bond acceptors (Lipinski definition) is 6. The molecule has 0 spiro atoms. The van der Waals surface area contributed by atoms with E-state index in [9.17, 15) is 9.59 Å². The van der Waals surface area contributed by atoms with Crippen molar-refractivity contribution in [1.29, 1.82) is 0 Å². The Morgan fingerprint density at radius 1 is 1.18 bits per heavy atom. The first-order valence-corrected chi connectivity index (χ1v) is 9.46. The molecule has 0 bridgehead atoms. The van der Waals surface area contributed by atoms with Crippen molar-refractivity contribution in [2.75, 3.05) is 11.9 Å². The summed E-state index contributed by atoms with van der Waals surface area (Å²) in [5, 5.41) is 9.66. The first-order chi connectivity index (χ1) is 13.4. The molecule has 3 amide bonds. The fourth-order valence-corrected chi connectivity index (χ4v) is 3.68. The van der Waals surface area contributed by atoms with Crippen LogP contribution in [-0.2, 0) is 13.0 Å². The summed E-state index contributed by atoms with van der Waals surface area (Å²) in [6.07, 6.45) is 0.777. The number of nitrogens with one attached hydrogen (secondary N) is 2. The van der Waals surface area contributed by atoms with Gasteiger partial charge in [-0.15, -0.1) is 11.3 Å². The first-order valence-electron chi connectivity index (χ1n) is 8.64. The maximum absolute atomic E-state index is 11.6. The highest BCUT2D eigenvalue weighted by molar-refractivity contribution is 7.18. The highest BCUT2D eigenvalue weighted by atomic mass is 32.1. The van der Waals surface area contributed by atoms with Crippen LogP contribution in [0.1, 0.15) is 26.7 Å². The van der Waals surface area contributed by atoms with Crippen LogP contribution in [-0.4, -0.2) is 23.6 Å². The predicted octanol–water partition coefficient (Wildman–Crippen LogP) is 2.63. The zero-order valence-corrected chi connectivity index (χ0v) is 16.1. The van der Waals surface area contributed by atoms with Crippen molar-refractivity contribution in [2.45, 2.75) is 19.9 Å². The van der Waals surface area contributed by atoms with Gasteiger partial charge in [0.05, 0.1) is 11.4 Å². The van der Waals surface area contributed by atoms with Gasteiger partial charge < -0.3 is 26.6 Å². The molecule has 2 heterocycles. The van der Waals surface area contributed by atoms with Gasteiger partial charge >= 0.3 is 6.03 Å². The van der Waals surface area contributed by atoms with Gasteiger partial charge in [0.15, 0.2) is 0 Å². The average Bonchev–Trinajstić information content (AvgIpc) is 3.25. The van der Waals surface area contributed by atoms with Crippen LogP contribution >= 0.6 is 11.3 Å². The van der Waals surface area contributed by atoms with Gasteiger partial charge in [0.1, 0.15) is 10.6 Å². The molecule has 28 heavy (non-hydrogen) atoms. The van der Waals surface area contributed by atoms with Gasteiger partial charge in [-0.2, -0.15) is 0 Å². The van der Waals surface area contributed by atoms with E-state index in [-0.39, 0.29) is 4.88 Å². The molecule has 0 atom stereocenters. The number of anilines is 1. The van der Waals surface area contributed by atoms with Crippen molar-refractivity contribution >= 4 is 29.0 Å². The number of rotatable bonds is 8. The Morgan fingerprint density at radius 3 is 2.54 bits per heavy atom. The Kier molecular flexibility index (Phi) is 6.07. The third-order valence-corrected chi connectivity index (χ3v) is 5.20. The number of amides is 3. The molecule has 0 aliphatic heterocycles. The van der Waals surface area contributed by atoms with Gasteiger partial charge in [0.25, 0.3) is 5.91 Å². The van der Waals surface area contributed by atoms with E-state index in [0.29, 0.717) is 5.69 Å². The third kappa shape index (κ3) is 4.96. The molecule has 9 heteroatoms. The molecule has 0 unspecified atom stereocenters. The van der Waals surface area contributed by atoms with Crippen LogP contribution in [0.5, 0.6) is 0 Å².